The third-order valence-corrected chi connectivity index (χ3v) is 3.81. The average molecular weight is 264 g/mol. The van der Waals surface area contributed by atoms with Crippen LogP contribution < -0.4 is 16.2 Å². The van der Waals surface area contributed by atoms with Gasteiger partial charge in [0.25, 0.3) is 5.56 Å². The van der Waals surface area contributed by atoms with E-state index in [9.17, 15) is 4.79 Å². The molecule has 1 aliphatic rings. The molecule has 2 rings (SSSR count). The minimum absolute atomic E-state index is 0.0576. The highest BCUT2D eigenvalue weighted by molar-refractivity contribution is 5.38. The number of rotatable bonds is 4. The summed E-state index contributed by atoms with van der Waals surface area (Å²) >= 11 is 0. The number of aromatic amines is 1. The van der Waals surface area contributed by atoms with E-state index in [2.05, 4.69) is 14.9 Å². The molecule has 0 atom stereocenters. The van der Waals surface area contributed by atoms with Crippen LogP contribution in [0.3, 0.4) is 0 Å². The summed E-state index contributed by atoms with van der Waals surface area (Å²) in [7, 11) is 0. The lowest BCUT2D eigenvalue weighted by Crippen LogP contribution is -2.35. The first-order valence-corrected chi connectivity index (χ1v) is 7.16. The van der Waals surface area contributed by atoms with E-state index in [4.69, 9.17) is 5.73 Å². The van der Waals surface area contributed by atoms with E-state index in [1.807, 2.05) is 13.8 Å². The lowest BCUT2D eigenvalue weighted by atomic mass is 9.94. The normalized spacial score (nSPS) is 17.2. The van der Waals surface area contributed by atoms with Gasteiger partial charge in [0.15, 0.2) is 0 Å². The van der Waals surface area contributed by atoms with Crippen molar-refractivity contribution in [3.8, 4) is 0 Å². The molecule has 0 amide bonds. The Morgan fingerprint density at radius 1 is 1.47 bits per heavy atom. The molecule has 2 heterocycles. The maximum absolute atomic E-state index is 11.7. The van der Waals surface area contributed by atoms with Crippen LogP contribution in [0.15, 0.2) is 10.9 Å². The van der Waals surface area contributed by atoms with Crippen molar-refractivity contribution in [1.29, 1.82) is 0 Å². The number of nitrogens with zero attached hydrogens (tertiary/aromatic N) is 2. The van der Waals surface area contributed by atoms with E-state index in [0.717, 1.165) is 56.5 Å². The number of nitrogens with two attached hydrogens (primary N) is 1. The van der Waals surface area contributed by atoms with E-state index in [-0.39, 0.29) is 11.5 Å². The topological polar surface area (TPSA) is 75.0 Å². The van der Waals surface area contributed by atoms with E-state index >= 15 is 0 Å². The van der Waals surface area contributed by atoms with Gasteiger partial charge >= 0.3 is 0 Å². The molecule has 106 valence electrons. The quantitative estimate of drug-likeness (QED) is 0.863. The Kier molecular flexibility index (Phi) is 4.58. The first-order valence-electron chi connectivity index (χ1n) is 7.16. The number of H-pyrrole nitrogens is 1. The molecule has 0 spiro atoms. The highest BCUT2D eigenvalue weighted by atomic mass is 16.1. The summed E-state index contributed by atoms with van der Waals surface area (Å²) in [6, 6.07) is 1.61. The fraction of sp³-hybridized carbons (Fsp3) is 0.714. The molecule has 19 heavy (non-hydrogen) atoms. The molecule has 0 bridgehead atoms. The molecule has 1 fully saturated rings. The first-order chi connectivity index (χ1) is 9.10. The van der Waals surface area contributed by atoms with Crippen molar-refractivity contribution in [2.45, 2.75) is 39.0 Å². The molecule has 5 nitrogen and oxygen atoms in total. The van der Waals surface area contributed by atoms with E-state index in [1.165, 1.54) is 0 Å². The SMILES string of the molecule is CC(C)c1nc(N2CCC(CCN)CC2)cc(=O)[nH]1. The second-order valence-electron chi connectivity index (χ2n) is 5.65. The van der Waals surface area contributed by atoms with Crippen molar-refractivity contribution in [3.05, 3.63) is 22.2 Å². The van der Waals surface area contributed by atoms with Gasteiger partial charge in [-0.1, -0.05) is 13.8 Å². The summed E-state index contributed by atoms with van der Waals surface area (Å²) in [6.07, 6.45) is 3.39. The van der Waals surface area contributed by atoms with Crippen LogP contribution in [0.2, 0.25) is 0 Å². The molecule has 5 heteroatoms. The fourth-order valence-electron chi connectivity index (χ4n) is 2.59. The molecular weight excluding hydrogens is 240 g/mol. The van der Waals surface area contributed by atoms with Gasteiger partial charge in [-0.15, -0.1) is 0 Å². The van der Waals surface area contributed by atoms with Crippen LogP contribution in [0.4, 0.5) is 5.82 Å². The van der Waals surface area contributed by atoms with Crippen LogP contribution >= 0.6 is 0 Å². The van der Waals surface area contributed by atoms with Crippen molar-refractivity contribution in [1.82, 2.24) is 9.97 Å². The molecule has 0 radical (unpaired) electrons. The molecule has 0 aliphatic carbocycles. The van der Waals surface area contributed by atoms with Gasteiger partial charge in [-0.3, -0.25) is 4.79 Å². The van der Waals surface area contributed by atoms with Crippen LogP contribution in [0.1, 0.15) is 44.9 Å². The average Bonchev–Trinajstić information content (AvgIpc) is 2.39. The summed E-state index contributed by atoms with van der Waals surface area (Å²) in [4.78, 5) is 21.3. The first kappa shape index (κ1) is 14.1. The minimum Gasteiger partial charge on any atom is -0.356 e. The van der Waals surface area contributed by atoms with Gasteiger partial charge in [-0.25, -0.2) is 4.98 Å². The maximum Gasteiger partial charge on any atom is 0.252 e. The number of hydrogen-bond donors (Lipinski definition) is 2. The summed E-state index contributed by atoms with van der Waals surface area (Å²) in [6.45, 7) is 6.79. The number of nitrogens with one attached hydrogen (secondary N) is 1. The highest BCUT2D eigenvalue weighted by Gasteiger charge is 2.20. The zero-order chi connectivity index (χ0) is 13.8. The molecule has 1 saturated heterocycles. The van der Waals surface area contributed by atoms with E-state index in [0.29, 0.717) is 0 Å². The lowest BCUT2D eigenvalue weighted by Gasteiger charge is -2.32. The highest BCUT2D eigenvalue weighted by Crippen LogP contribution is 2.23. The summed E-state index contributed by atoms with van der Waals surface area (Å²) in [5.74, 6) is 2.56. The molecule has 0 unspecified atom stereocenters. The lowest BCUT2D eigenvalue weighted by molar-refractivity contribution is 0.385. The number of hydrogen-bond acceptors (Lipinski definition) is 4. The second-order valence-corrected chi connectivity index (χ2v) is 5.65. The van der Waals surface area contributed by atoms with Gasteiger partial charge in [-0.2, -0.15) is 0 Å². The number of anilines is 1. The Hall–Kier alpha value is -1.36. The number of piperidine rings is 1. The zero-order valence-corrected chi connectivity index (χ0v) is 11.9. The van der Waals surface area contributed by atoms with Crippen LogP contribution in [-0.4, -0.2) is 29.6 Å². The van der Waals surface area contributed by atoms with Crippen molar-refractivity contribution >= 4 is 5.82 Å². The van der Waals surface area contributed by atoms with Crippen molar-refractivity contribution in [2.24, 2.45) is 11.7 Å². The van der Waals surface area contributed by atoms with Gasteiger partial charge in [0.1, 0.15) is 11.6 Å². The van der Waals surface area contributed by atoms with Gasteiger partial charge in [0, 0.05) is 25.1 Å². The third kappa shape index (κ3) is 3.56. The van der Waals surface area contributed by atoms with E-state index in [1.54, 1.807) is 6.07 Å². The summed E-state index contributed by atoms with van der Waals surface area (Å²) < 4.78 is 0. The van der Waals surface area contributed by atoms with Crippen LogP contribution in [0, 0.1) is 5.92 Å². The van der Waals surface area contributed by atoms with E-state index < -0.39 is 0 Å². The Balaban J connectivity index is 2.09. The molecule has 3 N–H and O–H groups in total. The van der Waals surface area contributed by atoms with Crippen molar-refractivity contribution in [2.75, 3.05) is 24.5 Å². The van der Waals surface area contributed by atoms with Gasteiger partial charge in [0.05, 0.1) is 0 Å². The predicted molar refractivity (Wildman–Crippen MR) is 77.6 cm³/mol. The van der Waals surface area contributed by atoms with Crippen LogP contribution in [0.25, 0.3) is 0 Å². The minimum atomic E-state index is -0.0576. The monoisotopic (exact) mass is 264 g/mol. The Labute approximate surface area is 114 Å². The van der Waals surface area contributed by atoms with Crippen molar-refractivity contribution in [3.63, 3.8) is 0 Å². The van der Waals surface area contributed by atoms with Gasteiger partial charge in [-0.05, 0) is 31.7 Å². The molecule has 0 saturated carbocycles. The molecular formula is C14H24N4O. The smallest absolute Gasteiger partial charge is 0.252 e. The van der Waals surface area contributed by atoms with Gasteiger partial charge < -0.3 is 15.6 Å². The zero-order valence-electron chi connectivity index (χ0n) is 11.9. The largest absolute Gasteiger partial charge is 0.356 e. The second kappa shape index (κ2) is 6.19. The fourth-order valence-corrected chi connectivity index (χ4v) is 2.59. The predicted octanol–water partition coefficient (Wildman–Crippen LogP) is 1.46. The Morgan fingerprint density at radius 2 is 2.16 bits per heavy atom. The Bertz CT molecular complexity index is 461. The van der Waals surface area contributed by atoms with Gasteiger partial charge in [0.2, 0.25) is 0 Å². The molecule has 1 aromatic rings. The standard InChI is InChI=1S/C14H24N4O/c1-10(2)14-16-12(9-13(19)17-14)18-7-4-11(3-6-15)5-8-18/h9-11H,3-8,15H2,1-2H3,(H,16,17,19). The molecule has 1 aliphatic heterocycles. The summed E-state index contributed by atoms with van der Waals surface area (Å²) in [5.41, 5.74) is 5.55. The molecule has 0 aromatic carbocycles. The Morgan fingerprint density at radius 3 is 2.74 bits per heavy atom. The maximum atomic E-state index is 11.7. The number of aromatic nitrogens is 2. The van der Waals surface area contributed by atoms with Crippen molar-refractivity contribution < 1.29 is 0 Å². The summed E-state index contributed by atoms with van der Waals surface area (Å²) in [5, 5.41) is 0. The van der Waals surface area contributed by atoms with Crippen LogP contribution in [-0.2, 0) is 0 Å². The van der Waals surface area contributed by atoms with Crippen LogP contribution in [0.5, 0.6) is 0 Å². The third-order valence-electron chi connectivity index (χ3n) is 3.81. The molecule has 1 aromatic heterocycles.